The first-order chi connectivity index (χ1) is 3.72. The van der Waals surface area contributed by atoms with E-state index < -0.39 is 0 Å². The van der Waals surface area contributed by atoms with Gasteiger partial charge in [0.15, 0.2) is 0 Å². The van der Waals surface area contributed by atoms with Gasteiger partial charge in [0.25, 0.3) is 0 Å². The summed E-state index contributed by atoms with van der Waals surface area (Å²) in [7, 11) is 0. The molecule has 0 aliphatic carbocycles. The Bertz CT molecular complexity index is 46.3. The van der Waals surface area contributed by atoms with E-state index >= 15 is 0 Å². The van der Waals surface area contributed by atoms with Gasteiger partial charge in [-0.2, -0.15) is 0 Å². The third-order valence-electron chi connectivity index (χ3n) is 1.67. The molecule has 0 aromatic carbocycles. The van der Waals surface area contributed by atoms with Gasteiger partial charge < -0.3 is 0 Å². The fraction of sp³-hybridized carbons (Fsp3) is 1.00. The van der Waals surface area contributed by atoms with Crippen LogP contribution < -0.4 is 0 Å². The molecule has 0 aliphatic rings. The fourth-order valence-electron chi connectivity index (χ4n) is 0.759. The maximum atomic E-state index is 11.9. The topological polar surface area (TPSA) is 0 Å². The Labute approximate surface area is 51.1 Å². The predicted octanol–water partition coefficient (Wildman–Crippen LogP) is 2.64. The lowest BCUT2D eigenvalue weighted by Gasteiger charge is -2.13. The molecule has 0 unspecified atom stereocenters. The van der Waals surface area contributed by atoms with Crippen molar-refractivity contribution in [3.63, 3.8) is 0 Å². The SMILES string of the molecule is CC[C@@H](CF)C(C)C. The molecule has 0 bridgehead atoms. The van der Waals surface area contributed by atoms with Crippen molar-refractivity contribution in [3.8, 4) is 0 Å². The highest BCUT2D eigenvalue weighted by atomic mass is 19.1. The summed E-state index contributed by atoms with van der Waals surface area (Å²) in [6.45, 7) is 6.00. The Morgan fingerprint density at radius 2 is 1.88 bits per heavy atom. The molecule has 1 heteroatoms. The summed E-state index contributed by atoms with van der Waals surface area (Å²) in [4.78, 5) is 0. The molecular formula is C7H15F. The molecule has 0 aliphatic heterocycles. The van der Waals surface area contributed by atoms with Gasteiger partial charge in [-0.25, -0.2) is 0 Å². The van der Waals surface area contributed by atoms with Gasteiger partial charge in [-0.05, 0) is 11.8 Å². The largest absolute Gasteiger partial charge is 0.251 e. The van der Waals surface area contributed by atoms with Gasteiger partial charge in [0.1, 0.15) is 0 Å². The van der Waals surface area contributed by atoms with E-state index in [0.717, 1.165) is 6.42 Å². The van der Waals surface area contributed by atoms with Gasteiger partial charge in [-0.1, -0.05) is 27.2 Å². The molecule has 0 amide bonds. The van der Waals surface area contributed by atoms with Gasteiger partial charge in [0.2, 0.25) is 0 Å². The van der Waals surface area contributed by atoms with Crippen LogP contribution in [-0.4, -0.2) is 6.67 Å². The molecule has 0 rings (SSSR count). The molecule has 0 radical (unpaired) electrons. The molecule has 0 spiro atoms. The minimum absolute atomic E-state index is 0.159. The summed E-state index contributed by atoms with van der Waals surface area (Å²) in [6.07, 6.45) is 0.966. The summed E-state index contributed by atoms with van der Waals surface area (Å²) < 4.78 is 11.9. The van der Waals surface area contributed by atoms with Crippen molar-refractivity contribution >= 4 is 0 Å². The lowest BCUT2D eigenvalue weighted by Crippen LogP contribution is -2.08. The maximum Gasteiger partial charge on any atom is 0.0924 e. The molecule has 0 heterocycles. The zero-order chi connectivity index (χ0) is 6.57. The highest BCUT2D eigenvalue weighted by Crippen LogP contribution is 2.14. The summed E-state index contributed by atoms with van der Waals surface area (Å²) >= 11 is 0. The Hall–Kier alpha value is -0.0700. The van der Waals surface area contributed by atoms with Crippen LogP contribution in [-0.2, 0) is 0 Å². The molecule has 0 fully saturated rings. The first-order valence-electron chi connectivity index (χ1n) is 3.28. The van der Waals surface area contributed by atoms with E-state index in [1.165, 1.54) is 0 Å². The van der Waals surface area contributed by atoms with Crippen LogP contribution in [0.3, 0.4) is 0 Å². The predicted molar refractivity (Wildman–Crippen MR) is 34.6 cm³/mol. The van der Waals surface area contributed by atoms with Crippen molar-refractivity contribution < 1.29 is 4.39 Å². The van der Waals surface area contributed by atoms with E-state index in [1.54, 1.807) is 0 Å². The van der Waals surface area contributed by atoms with Crippen molar-refractivity contribution in [2.24, 2.45) is 11.8 Å². The van der Waals surface area contributed by atoms with E-state index in [-0.39, 0.29) is 12.6 Å². The number of rotatable bonds is 3. The lowest BCUT2D eigenvalue weighted by molar-refractivity contribution is 0.281. The van der Waals surface area contributed by atoms with Crippen LogP contribution >= 0.6 is 0 Å². The Balaban J connectivity index is 3.35. The first kappa shape index (κ1) is 7.93. The van der Waals surface area contributed by atoms with Crippen LogP contribution in [0.15, 0.2) is 0 Å². The fourth-order valence-corrected chi connectivity index (χ4v) is 0.759. The zero-order valence-electron chi connectivity index (χ0n) is 5.95. The molecule has 0 aromatic heterocycles. The van der Waals surface area contributed by atoms with Crippen molar-refractivity contribution in [1.82, 2.24) is 0 Å². The standard InChI is InChI=1S/C7H15F/c1-4-7(5-8)6(2)3/h6-7H,4-5H2,1-3H3/t7-/m0/s1. The molecule has 8 heavy (non-hydrogen) atoms. The summed E-state index contributed by atoms with van der Waals surface area (Å²) in [5.41, 5.74) is 0. The highest BCUT2D eigenvalue weighted by molar-refractivity contribution is 4.57. The van der Waals surface area contributed by atoms with E-state index in [9.17, 15) is 4.39 Å². The minimum Gasteiger partial charge on any atom is -0.251 e. The van der Waals surface area contributed by atoms with Gasteiger partial charge in [-0.3, -0.25) is 4.39 Å². The van der Waals surface area contributed by atoms with Crippen molar-refractivity contribution in [2.45, 2.75) is 27.2 Å². The Morgan fingerprint density at radius 1 is 1.38 bits per heavy atom. The molecule has 0 aromatic rings. The van der Waals surface area contributed by atoms with Gasteiger partial charge >= 0.3 is 0 Å². The van der Waals surface area contributed by atoms with E-state index in [4.69, 9.17) is 0 Å². The van der Waals surface area contributed by atoms with Crippen LogP contribution in [0, 0.1) is 11.8 Å². The minimum atomic E-state index is -0.159. The highest BCUT2D eigenvalue weighted by Gasteiger charge is 2.08. The Kier molecular flexibility index (Phi) is 3.84. The molecule has 0 nitrogen and oxygen atoms in total. The molecule has 0 saturated carbocycles. The summed E-state index contributed by atoms with van der Waals surface area (Å²) in [5, 5.41) is 0. The Morgan fingerprint density at radius 3 is 1.88 bits per heavy atom. The summed E-state index contributed by atoms with van der Waals surface area (Å²) in [6, 6.07) is 0. The zero-order valence-corrected chi connectivity index (χ0v) is 5.95. The first-order valence-corrected chi connectivity index (χ1v) is 3.28. The number of halogens is 1. The molecular weight excluding hydrogens is 103 g/mol. The lowest BCUT2D eigenvalue weighted by atomic mass is 9.95. The third kappa shape index (κ3) is 2.29. The average molecular weight is 118 g/mol. The smallest absolute Gasteiger partial charge is 0.0924 e. The normalized spacial score (nSPS) is 14.6. The second-order valence-corrected chi connectivity index (χ2v) is 2.57. The molecule has 0 saturated heterocycles. The molecule has 50 valence electrons. The van der Waals surface area contributed by atoms with Crippen molar-refractivity contribution in [3.05, 3.63) is 0 Å². The van der Waals surface area contributed by atoms with Crippen molar-refractivity contribution in [1.29, 1.82) is 0 Å². The second kappa shape index (κ2) is 3.88. The van der Waals surface area contributed by atoms with Gasteiger partial charge in [0, 0.05) is 0 Å². The number of hydrogen-bond donors (Lipinski definition) is 0. The molecule has 0 N–H and O–H groups in total. The number of alkyl halides is 1. The summed E-state index contributed by atoms with van der Waals surface area (Å²) in [5.74, 6) is 0.792. The quantitative estimate of drug-likeness (QED) is 0.534. The van der Waals surface area contributed by atoms with Crippen LogP contribution in [0.4, 0.5) is 4.39 Å². The van der Waals surface area contributed by atoms with Gasteiger partial charge in [0.05, 0.1) is 6.67 Å². The van der Waals surface area contributed by atoms with Crippen LogP contribution in [0.25, 0.3) is 0 Å². The second-order valence-electron chi connectivity index (χ2n) is 2.57. The van der Waals surface area contributed by atoms with Crippen molar-refractivity contribution in [2.75, 3.05) is 6.67 Å². The van der Waals surface area contributed by atoms with Crippen LogP contribution in [0.1, 0.15) is 27.2 Å². The molecule has 1 atom stereocenters. The van der Waals surface area contributed by atoms with Crippen LogP contribution in [0.2, 0.25) is 0 Å². The van der Waals surface area contributed by atoms with Crippen LogP contribution in [0.5, 0.6) is 0 Å². The maximum absolute atomic E-state index is 11.9. The monoisotopic (exact) mass is 118 g/mol. The third-order valence-corrected chi connectivity index (χ3v) is 1.67. The van der Waals surface area contributed by atoms with E-state index in [2.05, 4.69) is 13.8 Å². The van der Waals surface area contributed by atoms with E-state index in [1.807, 2.05) is 6.92 Å². The number of hydrogen-bond acceptors (Lipinski definition) is 0. The van der Waals surface area contributed by atoms with E-state index in [0.29, 0.717) is 5.92 Å². The van der Waals surface area contributed by atoms with Gasteiger partial charge in [-0.15, -0.1) is 0 Å². The average Bonchev–Trinajstić information content (AvgIpc) is 1.69.